The van der Waals surface area contributed by atoms with Crippen LogP contribution >= 0.6 is 0 Å². The number of hydrogen-bond donors (Lipinski definition) is 1. The van der Waals surface area contributed by atoms with E-state index in [9.17, 15) is 18.0 Å². The van der Waals surface area contributed by atoms with Gasteiger partial charge < -0.3 is 4.90 Å². The third-order valence-corrected chi connectivity index (χ3v) is 3.76. The number of alkyl halides is 3. The number of nitrogens with one attached hydrogen (secondary N) is 1. The van der Waals surface area contributed by atoms with Gasteiger partial charge in [0.25, 0.3) is 5.91 Å². The van der Waals surface area contributed by atoms with Crippen molar-refractivity contribution in [2.75, 3.05) is 13.1 Å². The maximum absolute atomic E-state index is 12.7. The molecule has 0 bridgehead atoms. The van der Waals surface area contributed by atoms with E-state index in [4.69, 9.17) is 0 Å². The Kier molecular flexibility index (Phi) is 3.59. The van der Waals surface area contributed by atoms with Crippen molar-refractivity contribution in [2.24, 2.45) is 5.92 Å². The van der Waals surface area contributed by atoms with Gasteiger partial charge in [0, 0.05) is 24.2 Å². The predicted molar refractivity (Wildman–Crippen MR) is 71.9 cm³/mol. The molecule has 0 saturated carbocycles. The summed E-state index contributed by atoms with van der Waals surface area (Å²) in [5, 5.41) is 6.43. The van der Waals surface area contributed by atoms with Crippen LogP contribution in [0.25, 0.3) is 11.4 Å². The molecule has 8 heteroatoms. The van der Waals surface area contributed by atoms with E-state index >= 15 is 0 Å². The molecule has 1 aliphatic rings. The number of amides is 1. The molecular formula is C14H13F3N4O. The van der Waals surface area contributed by atoms with Crippen molar-refractivity contribution in [3.8, 4) is 11.4 Å². The first-order valence-corrected chi connectivity index (χ1v) is 6.77. The number of aromatic nitrogens is 3. The normalized spacial score (nSPS) is 18.7. The highest BCUT2D eigenvalue weighted by atomic mass is 19.4. The van der Waals surface area contributed by atoms with Gasteiger partial charge in [-0.3, -0.25) is 9.89 Å². The third kappa shape index (κ3) is 2.81. The van der Waals surface area contributed by atoms with Crippen molar-refractivity contribution in [3.63, 3.8) is 0 Å². The molecule has 1 aromatic heterocycles. The Bertz CT molecular complexity index is 652. The lowest BCUT2D eigenvalue weighted by Gasteiger charge is -2.18. The maximum atomic E-state index is 12.7. The van der Waals surface area contributed by atoms with Crippen LogP contribution in [-0.2, 0) is 0 Å². The Morgan fingerprint density at radius 2 is 2.00 bits per heavy atom. The molecule has 3 rings (SSSR count). The average molecular weight is 310 g/mol. The topological polar surface area (TPSA) is 61.9 Å². The largest absolute Gasteiger partial charge is 0.393 e. The van der Waals surface area contributed by atoms with Gasteiger partial charge in [-0.2, -0.15) is 18.3 Å². The minimum absolute atomic E-state index is 0.0363. The number of nitrogens with zero attached hydrogens (tertiary/aromatic N) is 3. The zero-order valence-corrected chi connectivity index (χ0v) is 11.5. The van der Waals surface area contributed by atoms with Gasteiger partial charge in [0.1, 0.15) is 6.33 Å². The van der Waals surface area contributed by atoms with E-state index in [1.807, 2.05) is 0 Å². The van der Waals surface area contributed by atoms with Gasteiger partial charge in [0.05, 0.1) is 5.92 Å². The summed E-state index contributed by atoms with van der Waals surface area (Å²) in [5.74, 6) is -1.24. The predicted octanol–water partition coefficient (Wildman–Crippen LogP) is 2.50. The number of aromatic amines is 1. The molecule has 1 N–H and O–H groups in total. The Labute approximate surface area is 124 Å². The highest BCUT2D eigenvalue weighted by molar-refractivity contribution is 5.94. The Morgan fingerprint density at radius 3 is 2.55 bits per heavy atom. The highest BCUT2D eigenvalue weighted by Crippen LogP contribution is 2.34. The second-order valence-electron chi connectivity index (χ2n) is 5.19. The standard InChI is InChI=1S/C14H13F3N4O/c15-14(16,17)11-5-6-21(7-11)13(22)10-3-1-9(2-4-10)12-18-8-19-20-12/h1-4,8,11H,5-7H2,(H,18,19,20). The average Bonchev–Trinajstić information content (AvgIpc) is 3.17. The first-order chi connectivity index (χ1) is 10.4. The molecule has 116 valence electrons. The van der Waals surface area contributed by atoms with E-state index in [1.165, 1.54) is 11.2 Å². The fourth-order valence-electron chi connectivity index (χ4n) is 2.51. The van der Waals surface area contributed by atoms with Gasteiger partial charge in [-0.05, 0) is 18.6 Å². The van der Waals surface area contributed by atoms with Crippen LogP contribution < -0.4 is 0 Å². The van der Waals surface area contributed by atoms with Crippen molar-refractivity contribution >= 4 is 5.91 Å². The van der Waals surface area contributed by atoms with Crippen molar-refractivity contribution in [1.29, 1.82) is 0 Å². The summed E-state index contributed by atoms with van der Waals surface area (Å²) in [5.41, 5.74) is 1.12. The van der Waals surface area contributed by atoms with Gasteiger partial charge in [-0.1, -0.05) is 12.1 Å². The summed E-state index contributed by atoms with van der Waals surface area (Å²) in [4.78, 5) is 17.5. The van der Waals surface area contributed by atoms with Gasteiger partial charge in [-0.15, -0.1) is 0 Å². The number of rotatable bonds is 2. The summed E-state index contributed by atoms with van der Waals surface area (Å²) >= 11 is 0. The van der Waals surface area contributed by atoms with Gasteiger partial charge >= 0.3 is 6.18 Å². The molecule has 5 nitrogen and oxygen atoms in total. The molecule has 1 amide bonds. The molecule has 2 aromatic rings. The molecule has 22 heavy (non-hydrogen) atoms. The van der Waals surface area contributed by atoms with E-state index in [0.717, 1.165) is 5.56 Å². The number of halogens is 3. The van der Waals surface area contributed by atoms with E-state index < -0.39 is 12.1 Å². The minimum Gasteiger partial charge on any atom is -0.338 e. The first kappa shape index (κ1) is 14.6. The molecular weight excluding hydrogens is 297 g/mol. The van der Waals surface area contributed by atoms with Crippen LogP contribution in [0.2, 0.25) is 0 Å². The lowest BCUT2D eigenvalue weighted by Crippen LogP contribution is -2.31. The fourth-order valence-corrected chi connectivity index (χ4v) is 2.51. The Morgan fingerprint density at radius 1 is 1.27 bits per heavy atom. The van der Waals surface area contributed by atoms with Crippen molar-refractivity contribution in [2.45, 2.75) is 12.6 Å². The van der Waals surface area contributed by atoms with Gasteiger partial charge in [0.15, 0.2) is 5.82 Å². The Hall–Kier alpha value is -2.38. The number of hydrogen-bond acceptors (Lipinski definition) is 3. The quantitative estimate of drug-likeness (QED) is 0.927. The maximum Gasteiger partial charge on any atom is 0.393 e. The van der Waals surface area contributed by atoms with Crippen LogP contribution in [0.3, 0.4) is 0 Å². The van der Waals surface area contributed by atoms with E-state index in [0.29, 0.717) is 11.4 Å². The number of H-pyrrole nitrogens is 1. The van der Waals surface area contributed by atoms with Crippen LogP contribution in [0.15, 0.2) is 30.6 Å². The van der Waals surface area contributed by atoms with E-state index in [1.54, 1.807) is 24.3 Å². The second kappa shape index (κ2) is 5.43. The molecule has 1 atom stereocenters. The van der Waals surface area contributed by atoms with Crippen LogP contribution in [0, 0.1) is 5.92 Å². The summed E-state index contributed by atoms with van der Waals surface area (Å²) < 4.78 is 38.0. The highest BCUT2D eigenvalue weighted by Gasteiger charge is 2.44. The van der Waals surface area contributed by atoms with Crippen LogP contribution in [0.1, 0.15) is 16.8 Å². The number of carbonyl (C=O) groups is 1. The molecule has 0 aliphatic carbocycles. The Balaban J connectivity index is 1.71. The SMILES string of the molecule is O=C(c1ccc(-c2ncn[nH]2)cc1)N1CCC(C(F)(F)F)C1. The fraction of sp³-hybridized carbons (Fsp3) is 0.357. The van der Waals surface area contributed by atoms with Crippen LogP contribution in [0.4, 0.5) is 13.2 Å². The number of benzene rings is 1. The molecule has 1 fully saturated rings. The molecule has 1 unspecified atom stereocenters. The smallest absolute Gasteiger partial charge is 0.338 e. The second-order valence-corrected chi connectivity index (χ2v) is 5.19. The summed E-state index contributed by atoms with van der Waals surface area (Å²) in [6, 6.07) is 6.54. The van der Waals surface area contributed by atoms with Crippen molar-refractivity contribution in [3.05, 3.63) is 36.2 Å². The molecule has 1 aliphatic heterocycles. The lowest BCUT2D eigenvalue weighted by molar-refractivity contribution is -0.169. The minimum atomic E-state index is -4.24. The molecule has 2 heterocycles. The third-order valence-electron chi connectivity index (χ3n) is 3.76. The summed E-state index contributed by atoms with van der Waals surface area (Å²) in [7, 11) is 0. The molecule has 1 saturated heterocycles. The van der Waals surface area contributed by atoms with E-state index in [2.05, 4.69) is 15.2 Å². The van der Waals surface area contributed by atoms with E-state index in [-0.39, 0.29) is 25.4 Å². The van der Waals surface area contributed by atoms with Crippen LogP contribution in [0.5, 0.6) is 0 Å². The number of carbonyl (C=O) groups excluding carboxylic acids is 1. The first-order valence-electron chi connectivity index (χ1n) is 6.77. The zero-order valence-electron chi connectivity index (χ0n) is 11.5. The summed E-state index contributed by atoms with van der Waals surface area (Å²) in [6.07, 6.45) is -2.91. The van der Waals surface area contributed by atoms with Gasteiger partial charge in [0.2, 0.25) is 0 Å². The molecule has 0 radical (unpaired) electrons. The molecule has 1 aromatic carbocycles. The van der Waals surface area contributed by atoms with Crippen molar-refractivity contribution < 1.29 is 18.0 Å². The lowest BCUT2D eigenvalue weighted by atomic mass is 10.1. The summed E-state index contributed by atoms with van der Waals surface area (Å²) in [6.45, 7) is -0.140. The van der Waals surface area contributed by atoms with Crippen LogP contribution in [-0.4, -0.2) is 45.3 Å². The number of likely N-dealkylation sites (tertiary alicyclic amines) is 1. The van der Waals surface area contributed by atoms with Crippen molar-refractivity contribution in [1.82, 2.24) is 20.1 Å². The van der Waals surface area contributed by atoms with Gasteiger partial charge in [-0.25, -0.2) is 4.98 Å². The zero-order chi connectivity index (χ0) is 15.7. The monoisotopic (exact) mass is 310 g/mol. The molecule has 0 spiro atoms.